The third-order valence-corrected chi connectivity index (χ3v) is 4.30. The molecule has 6 nitrogen and oxygen atoms in total. The molecule has 0 radical (unpaired) electrons. The lowest BCUT2D eigenvalue weighted by Crippen LogP contribution is -2.45. The minimum Gasteiger partial charge on any atom is -0.387 e. The van der Waals surface area contributed by atoms with Crippen LogP contribution < -0.4 is 10.6 Å². The van der Waals surface area contributed by atoms with Crippen molar-refractivity contribution < 1.29 is 0 Å². The number of aryl methyl sites for hydroxylation is 2. The average molecular weight is 276 g/mol. The van der Waals surface area contributed by atoms with Crippen LogP contribution in [-0.4, -0.2) is 34.1 Å². The summed E-state index contributed by atoms with van der Waals surface area (Å²) in [4.78, 5) is 6.79. The first-order valence-corrected chi connectivity index (χ1v) is 7.32. The highest BCUT2D eigenvalue weighted by atomic mass is 15.3. The normalized spacial score (nSPS) is 18.1. The highest BCUT2D eigenvalue weighted by Gasteiger charge is 2.33. The van der Waals surface area contributed by atoms with Gasteiger partial charge < -0.3 is 10.6 Å². The van der Waals surface area contributed by atoms with Crippen LogP contribution >= 0.6 is 0 Å². The Morgan fingerprint density at radius 3 is 2.30 bits per heavy atom. The van der Waals surface area contributed by atoms with Gasteiger partial charge in [-0.15, -0.1) is 5.10 Å². The molecule has 1 aliphatic rings. The summed E-state index contributed by atoms with van der Waals surface area (Å²) < 4.78 is 0. The number of hydrogen-bond donors (Lipinski definition) is 2. The second-order valence-corrected chi connectivity index (χ2v) is 5.67. The van der Waals surface area contributed by atoms with Crippen molar-refractivity contribution in [2.75, 3.05) is 18.0 Å². The number of nitrogens with two attached hydrogens (primary N) is 1. The van der Waals surface area contributed by atoms with Crippen molar-refractivity contribution in [1.82, 2.24) is 15.2 Å². The van der Waals surface area contributed by atoms with Crippen molar-refractivity contribution in [1.29, 1.82) is 5.41 Å². The molecule has 0 atom stereocenters. The van der Waals surface area contributed by atoms with Gasteiger partial charge in [0.05, 0.1) is 17.2 Å². The molecule has 0 amide bonds. The van der Waals surface area contributed by atoms with E-state index in [4.69, 9.17) is 11.1 Å². The van der Waals surface area contributed by atoms with Crippen LogP contribution in [0.4, 0.5) is 5.95 Å². The van der Waals surface area contributed by atoms with Crippen molar-refractivity contribution in [3.63, 3.8) is 0 Å². The van der Waals surface area contributed by atoms with E-state index in [1.165, 1.54) is 0 Å². The van der Waals surface area contributed by atoms with Gasteiger partial charge in [-0.05, 0) is 25.7 Å². The van der Waals surface area contributed by atoms with Crippen molar-refractivity contribution >= 4 is 11.8 Å². The quantitative estimate of drug-likeness (QED) is 0.643. The molecular weight excluding hydrogens is 252 g/mol. The van der Waals surface area contributed by atoms with Gasteiger partial charge in [0, 0.05) is 18.5 Å². The fourth-order valence-corrected chi connectivity index (χ4v) is 2.53. The van der Waals surface area contributed by atoms with Gasteiger partial charge in [0.15, 0.2) is 0 Å². The van der Waals surface area contributed by atoms with E-state index in [-0.39, 0.29) is 11.3 Å². The number of nitrogens with one attached hydrogen (secondary N) is 1. The second kappa shape index (κ2) is 5.73. The van der Waals surface area contributed by atoms with E-state index < -0.39 is 0 Å². The number of aromatic nitrogens is 3. The highest BCUT2D eigenvalue weighted by Crippen LogP contribution is 2.31. The van der Waals surface area contributed by atoms with Crippen molar-refractivity contribution in [2.24, 2.45) is 11.1 Å². The Labute approximate surface area is 120 Å². The maximum Gasteiger partial charge on any atom is 0.245 e. The van der Waals surface area contributed by atoms with E-state index >= 15 is 0 Å². The minimum atomic E-state index is -0.180. The Kier molecular flexibility index (Phi) is 4.20. The lowest BCUT2D eigenvalue weighted by atomic mass is 9.79. The number of rotatable bonds is 4. The molecule has 0 bridgehead atoms. The summed E-state index contributed by atoms with van der Waals surface area (Å²) in [5.41, 5.74) is 7.54. The van der Waals surface area contributed by atoms with Crippen LogP contribution in [0.2, 0.25) is 0 Å². The van der Waals surface area contributed by atoms with E-state index in [1.54, 1.807) is 0 Å². The summed E-state index contributed by atoms with van der Waals surface area (Å²) in [5, 5.41) is 16.2. The van der Waals surface area contributed by atoms with Crippen LogP contribution in [0.25, 0.3) is 0 Å². The Morgan fingerprint density at radius 2 is 1.80 bits per heavy atom. The number of nitrogens with zero attached hydrogens (tertiary/aromatic N) is 4. The molecule has 0 spiro atoms. The minimum absolute atomic E-state index is 0.180. The molecule has 0 saturated carbocycles. The third-order valence-electron chi connectivity index (χ3n) is 4.30. The summed E-state index contributed by atoms with van der Waals surface area (Å²) in [5.74, 6) is 0.997. The van der Waals surface area contributed by atoms with Crippen molar-refractivity contribution in [2.45, 2.75) is 46.5 Å². The monoisotopic (exact) mass is 276 g/mol. The van der Waals surface area contributed by atoms with Gasteiger partial charge >= 0.3 is 0 Å². The van der Waals surface area contributed by atoms with Crippen LogP contribution in [0.15, 0.2) is 0 Å². The van der Waals surface area contributed by atoms with Crippen LogP contribution in [-0.2, 0) is 12.8 Å². The molecule has 0 unspecified atom stereocenters. The van der Waals surface area contributed by atoms with Crippen molar-refractivity contribution in [3.8, 4) is 0 Å². The molecular formula is C14H24N6. The third kappa shape index (κ3) is 2.73. The zero-order valence-corrected chi connectivity index (χ0v) is 12.6. The molecule has 1 aromatic heterocycles. The average Bonchev–Trinajstić information content (AvgIpc) is 2.47. The van der Waals surface area contributed by atoms with E-state index in [1.807, 2.05) is 0 Å². The predicted octanol–water partition coefficient (Wildman–Crippen LogP) is 1.54. The largest absolute Gasteiger partial charge is 0.387 e. The van der Waals surface area contributed by atoms with Crippen LogP contribution in [0, 0.1) is 10.8 Å². The molecule has 1 aliphatic heterocycles. The summed E-state index contributed by atoms with van der Waals surface area (Å²) in [6.07, 6.45) is 3.47. The summed E-state index contributed by atoms with van der Waals surface area (Å²) in [6, 6.07) is 0. The summed E-state index contributed by atoms with van der Waals surface area (Å²) >= 11 is 0. The summed E-state index contributed by atoms with van der Waals surface area (Å²) in [7, 11) is 0. The van der Waals surface area contributed by atoms with Gasteiger partial charge in [-0.2, -0.15) is 5.10 Å². The topological polar surface area (TPSA) is 91.8 Å². The Hall–Kier alpha value is -1.72. The van der Waals surface area contributed by atoms with E-state index in [9.17, 15) is 0 Å². The lowest BCUT2D eigenvalue weighted by molar-refractivity contribution is 0.348. The van der Waals surface area contributed by atoms with Crippen molar-refractivity contribution in [3.05, 3.63) is 11.4 Å². The molecule has 2 heterocycles. The van der Waals surface area contributed by atoms with Gasteiger partial charge in [-0.3, -0.25) is 5.41 Å². The fraction of sp³-hybridized carbons (Fsp3) is 0.714. The van der Waals surface area contributed by atoms with Gasteiger partial charge in [-0.25, -0.2) is 4.98 Å². The molecule has 6 heteroatoms. The first kappa shape index (κ1) is 14.7. The maximum atomic E-state index is 7.69. The molecule has 1 fully saturated rings. The van der Waals surface area contributed by atoms with E-state index in [2.05, 4.69) is 40.9 Å². The Balaban J connectivity index is 2.13. The molecule has 1 aromatic rings. The zero-order valence-electron chi connectivity index (χ0n) is 12.6. The van der Waals surface area contributed by atoms with Gasteiger partial charge in [0.2, 0.25) is 5.95 Å². The zero-order chi connectivity index (χ0) is 14.8. The maximum absolute atomic E-state index is 7.69. The number of piperidine rings is 1. The SMILES string of the molecule is CCc1nnc(N2CCC(C)(C(=N)N)CC2)nc1CC. The van der Waals surface area contributed by atoms with Crippen LogP contribution in [0.1, 0.15) is 45.0 Å². The number of hydrogen-bond acceptors (Lipinski definition) is 5. The Bertz CT molecular complexity index is 490. The van der Waals surface area contributed by atoms with E-state index in [0.29, 0.717) is 5.95 Å². The second-order valence-electron chi connectivity index (χ2n) is 5.67. The smallest absolute Gasteiger partial charge is 0.245 e. The molecule has 1 saturated heterocycles. The predicted molar refractivity (Wildman–Crippen MR) is 80.1 cm³/mol. The van der Waals surface area contributed by atoms with Gasteiger partial charge in [0.25, 0.3) is 0 Å². The lowest BCUT2D eigenvalue weighted by Gasteiger charge is -2.38. The summed E-state index contributed by atoms with van der Waals surface area (Å²) in [6.45, 7) is 7.88. The molecule has 3 N–H and O–H groups in total. The molecule has 110 valence electrons. The number of amidine groups is 1. The fourth-order valence-electron chi connectivity index (χ4n) is 2.53. The standard InChI is InChI=1S/C14H24N6/c1-4-10-11(5-2)18-19-13(17-10)20-8-6-14(3,7-9-20)12(15)16/h4-9H2,1-3H3,(H3,15,16). The first-order valence-electron chi connectivity index (χ1n) is 7.32. The van der Waals surface area contributed by atoms with Crippen LogP contribution in [0.3, 0.4) is 0 Å². The van der Waals surface area contributed by atoms with Gasteiger partial charge in [0.1, 0.15) is 0 Å². The molecule has 0 aliphatic carbocycles. The molecule has 2 rings (SSSR count). The highest BCUT2D eigenvalue weighted by molar-refractivity contribution is 5.83. The molecule has 20 heavy (non-hydrogen) atoms. The van der Waals surface area contributed by atoms with E-state index in [0.717, 1.165) is 50.2 Å². The number of anilines is 1. The van der Waals surface area contributed by atoms with Crippen LogP contribution in [0.5, 0.6) is 0 Å². The van der Waals surface area contributed by atoms with Gasteiger partial charge in [-0.1, -0.05) is 20.8 Å². The first-order chi connectivity index (χ1) is 9.50. The molecule has 0 aromatic carbocycles. The Morgan fingerprint density at radius 1 is 1.20 bits per heavy atom.